The number of fused-ring (bicyclic) bond motifs is 1. The van der Waals surface area contributed by atoms with E-state index in [0.29, 0.717) is 30.2 Å². The maximum Gasteiger partial charge on any atom is 0.227 e. The number of carbonyl (C=O) groups is 1. The smallest absolute Gasteiger partial charge is 0.227 e. The van der Waals surface area contributed by atoms with Crippen LogP contribution in [0.25, 0.3) is 0 Å². The molecule has 0 aromatic heterocycles. The largest absolute Gasteiger partial charge is 0.496 e. The Morgan fingerprint density at radius 1 is 0.762 bits per heavy atom. The van der Waals surface area contributed by atoms with Crippen molar-refractivity contribution in [1.29, 1.82) is 0 Å². The number of aliphatic hydroxyl groups is 2. The number of hydrogen-bond donors (Lipinski definition) is 2. The van der Waals surface area contributed by atoms with Crippen LogP contribution in [-0.4, -0.2) is 54.4 Å². The van der Waals surface area contributed by atoms with E-state index >= 15 is 0 Å². The van der Waals surface area contributed by atoms with Crippen LogP contribution < -0.4 is 9.47 Å². The molecule has 1 saturated heterocycles. The summed E-state index contributed by atoms with van der Waals surface area (Å²) in [6.07, 6.45) is -0.659. The van der Waals surface area contributed by atoms with Crippen molar-refractivity contribution in [3.8, 4) is 11.5 Å². The van der Waals surface area contributed by atoms with Crippen LogP contribution in [0.1, 0.15) is 28.7 Å². The summed E-state index contributed by atoms with van der Waals surface area (Å²) in [6.45, 7) is 0.734. The summed E-state index contributed by atoms with van der Waals surface area (Å²) in [5.41, 5.74) is 1.21. The van der Waals surface area contributed by atoms with Gasteiger partial charge in [0.05, 0.1) is 26.7 Å². The lowest BCUT2D eigenvalue weighted by Crippen LogP contribution is -2.60. The highest BCUT2D eigenvalue weighted by Gasteiger charge is 2.64. The molecule has 4 atom stereocenters. The molecule has 2 aliphatic rings. The molecule has 0 radical (unpaired) electrons. The Morgan fingerprint density at radius 3 is 1.90 bits per heavy atom. The number of aliphatic hydroxyl groups excluding tert-OH is 1. The van der Waals surface area contributed by atoms with Gasteiger partial charge in [0, 0.05) is 35.5 Å². The molecule has 1 aliphatic heterocycles. The van der Waals surface area contributed by atoms with Gasteiger partial charge in [-0.3, -0.25) is 4.79 Å². The predicted octanol–water partition coefficient (Wildman–Crippen LogP) is 4.96. The lowest BCUT2D eigenvalue weighted by Gasteiger charge is -2.55. The van der Waals surface area contributed by atoms with Crippen molar-refractivity contribution in [3.63, 3.8) is 0 Å². The fourth-order valence-corrected chi connectivity index (χ4v) is 7.59. The number of carbonyl (C=O) groups excluding carboxylic acids is 1. The van der Waals surface area contributed by atoms with E-state index in [4.69, 9.17) is 9.47 Å². The van der Waals surface area contributed by atoms with Gasteiger partial charge in [0.25, 0.3) is 0 Å². The van der Waals surface area contributed by atoms with Crippen molar-refractivity contribution in [2.24, 2.45) is 11.8 Å². The average molecular weight is 564 g/mol. The molecule has 0 bridgehead atoms. The van der Waals surface area contributed by atoms with E-state index in [9.17, 15) is 15.0 Å². The summed E-state index contributed by atoms with van der Waals surface area (Å²) < 4.78 is 11.2. The number of para-hydroxylation sites is 2. The van der Waals surface area contributed by atoms with Gasteiger partial charge in [0.2, 0.25) is 5.91 Å². The van der Waals surface area contributed by atoms with Crippen LogP contribution in [0, 0.1) is 11.8 Å². The van der Waals surface area contributed by atoms with Crippen molar-refractivity contribution in [2.75, 3.05) is 27.3 Å². The lowest BCUT2D eigenvalue weighted by atomic mass is 9.51. The second-order valence-electron chi connectivity index (χ2n) is 11.4. The van der Waals surface area contributed by atoms with E-state index in [1.165, 1.54) is 0 Å². The highest BCUT2D eigenvalue weighted by atomic mass is 16.5. The summed E-state index contributed by atoms with van der Waals surface area (Å²) >= 11 is 0. The Kier molecular flexibility index (Phi) is 7.52. The number of ether oxygens (including phenoxy) is 2. The van der Waals surface area contributed by atoms with Crippen LogP contribution in [0.15, 0.2) is 109 Å². The monoisotopic (exact) mass is 563 g/mol. The maximum absolute atomic E-state index is 14.0. The van der Waals surface area contributed by atoms with Crippen molar-refractivity contribution in [1.82, 2.24) is 4.90 Å². The number of amides is 1. The van der Waals surface area contributed by atoms with Gasteiger partial charge in [0.1, 0.15) is 17.1 Å². The van der Waals surface area contributed by atoms with Crippen molar-refractivity contribution >= 4 is 5.91 Å². The van der Waals surface area contributed by atoms with E-state index in [0.717, 1.165) is 16.7 Å². The van der Waals surface area contributed by atoms with Crippen LogP contribution in [-0.2, 0) is 22.2 Å². The number of likely N-dealkylation sites (tertiary alicyclic amines) is 1. The first-order valence-electron chi connectivity index (χ1n) is 14.5. The third-order valence-corrected chi connectivity index (χ3v) is 9.54. The van der Waals surface area contributed by atoms with E-state index in [1.807, 2.05) is 89.8 Å². The second-order valence-corrected chi connectivity index (χ2v) is 11.4. The molecule has 0 spiro atoms. The van der Waals surface area contributed by atoms with Gasteiger partial charge < -0.3 is 24.6 Å². The first-order valence-corrected chi connectivity index (χ1v) is 14.5. The van der Waals surface area contributed by atoms with E-state index in [2.05, 4.69) is 24.3 Å². The minimum Gasteiger partial charge on any atom is -0.496 e. The fraction of sp³-hybridized carbons (Fsp3) is 0.306. The average Bonchev–Trinajstić information content (AvgIpc) is 3.51. The van der Waals surface area contributed by atoms with Gasteiger partial charge >= 0.3 is 0 Å². The summed E-state index contributed by atoms with van der Waals surface area (Å²) in [6, 6.07) is 35.4. The fourth-order valence-electron chi connectivity index (χ4n) is 7.59. The maximum atomic E-state index is 14.0. The molecular formula is C36H37NO5. The standard InChI is InChI=1S/C36H37NO5/c1-41-31-19-11-9-13-25(31)21-34(39)37-23-29-30(24-37)36(40,28-18-10-12-20-32(28)42-2)33(38)22-35(29,26-14-5-3-6-15-26)27-16-7-4-8-17-27/h3-20,29-30,33,38,40H,21-24H2,1-2H3. The Bertz CT molecular complexity index is 1500. The van der Waals surface area contributed by atoms with Gasteiger partial charge in [0.15, 0.2) is 0 Å². The lowest BCUT2D eigenvalue weighted by molar-refractivity contribution is -0.168. The van der Waals surface area contributed by atoms with E-state index in [-0.39, 0.29) is 24.7 Å². The van der Waals surface area contributed by atoms with Gasteiger partial charge in [-0.2, -0.15) is 0 Å². The first-order chi connectivity index (χ1) is 20.4. The van der Waals surface area contributed by atoms with E-state index < -0.39 is 23.0 Å². The summed E-state index contributed by atoms with van der Waals surface area (Å²) in [4.78, 5) is 15.8. The van der Waals surface area contributed by atoms with Crippen LogP contribution in [0.2, 0.25) is 0 Å². The van der Waals surface area contributed by atoms with Gasteiger partial charge in [-0.15, -0.1) is 0 Å². The zero-order valence-corrected chi connectivity index (χ0v) is 24.0. The molecule has 1 heterocycles. The molecule has 1 aliphatic carbocycles. The number of benzene rings is 4. The number of methoxy groups -OCH3 is 2. The number of rotatable bonds is 7. The Balaban J connectivity index is 1.50. The Hall–Kier alpha value is -4.13. The molecule has 4 aromatic carbocycles. The molecule has 42 heavy (non-hydrogen) atoms. The highest BCUT2D eigenvalue weighted by molar-refractivity contribution is 5.80. The molecule has 1 saturated carbocycles. The normalized spacial score (nSPS) is 24.6. The van der Waals surface area contributed by atoms with Crippen LogP contribution >= 0.6 is 0 Å². The van der Waals surface area contributed by atoms with Gasteiger partial charge in [-0.1, -0.05) is 97.1 Å². The summed E-state index contributed by atoms with van der Waals surface area (Å²) in [7, 11) is 3.18. The predicted molar refractivity (Wildman–Crippen MR) is 161 cm³/mol. The molecule has 4 unspecified atom stereocenters. The van der Waals surface area contributed by atoms with Crippen LogP contribution in [0.5, 0.6) is 11.5 Å². The zero-order chi connectivity index (χ0) is 29.3. The molecule has 2 N–H and O–H groups in total. The van der Waals surface area contributed by atoms with Crippen molar-refractivity contribution in [2.45, 2.75) is 30.0 Å². The molecule has 216 valence electrons. The number of nitrogens with zero attached hydrogens (tertiary/aromatic N) is 1. The van der Waals surface area contributed by atoms with E-state index in [1.54, 1.807) is 14.2 Å². The summed E-state index contributed by atoms with van der Waals surface area (Å²) in [5.74, 6) is 0.484. The Morgan fingerprint density at radius 2 is 1.29 bits per heavy atom. The third-order valence-electron chi connectivity index (χ3n) is 9.54. The zero-order valence-electron chi connectivity index (χ0n) is 24.0. The van der Waals surface area contributed by atoms with Crippen LogP contribution in [0.4, 0.5) is 0 Å². The van der Waals surface area contributed by atoms with Crippen molar-refractivity contribution < 1.29 is 24.5 Å². The minimum atomic E-state index is -1.64. The van der Waals surface area contributed by atoms with Gasteiger partial charge in [-0.25, -0.2) is 0 Å². The molecule has 2 fully saturated rings. The molecule has 4 aromatic rings. The van der Waals surface area contributed by atoms with Crippen molar-refractivity contribution in [3.05, 3.63) is 131 Å². The quantitative estimate of drug-likeness (QED) is 0.332. The highest BCUT2D eigenvalue weighted by Crippen LogP contribution is 2.60. The Labute approximate surface area is 247 Å². The molecule has 1 amide bonds. The number of hydrogen-bond acceptors (Lipinski definition) is 5. The molecule has 6 rings (SSSR count). The second kappa shape index (κ2) is 11.3. The molecule has 6 heteroatoms. The third kappa shape index (κ3) is 4.46. The first kappa shape index (κ1) is 28.0. The molecular weight excluding hydrogens is 526 g/mol. The van der Waals surface area contributed by atoms with Crippen LogP contribution in [0.3, 0.4) is 0 Å². The molecule has 6 nitrogen and oxygen atoms in total. The minimum absolute atomic E-state index is 0.0409. The SMILES string of the molecule is COc1ccccc1CC(=O)N1CC2C(C1)C(O)(c1ccccc1OC)C(O)CC2(c1ccccc1)c1ccccc1. The van der Waals surface area contributed by atoms with Gasteiger partial charge in [-0.05, 0) is 35.6 Å². The summed E-state index contributed by atoms with van der Waals surface area (Å²) in [5, 5.41) is 24.8. The topological polar surface area (TPSA) is 79.2 Å².